The van der Waals surface area contributed by atoms with Crippen molar-refractivity contribution < 1.29 is 23.1 Å². The quantitative estimate of drug-likeness (QED) is 0.640. The summed E-state index contributed by atoms with van der Waals surface area (Å²) in [6.45, 7) is 0.114. The second-order valence-electron chi connectivity index (χ2n) is 5.53. The predicted octanol–water partition coefficient (Wildman–Crippen LogP) is 4.91. The second kappa shape index (κ2) is 7.21. The van der Waals surface area contributed by atoms with Gasteiger partial charge in [-0.15, -0.1) is 0 Å². The summed E-state index contributed by atoms with van der Waals surface area (Å²) >= 11 is 6.03. The zero-order valence-electron chi connectivity index (χ0n) is 13.2. The van der Waals surface area contributed by atoms with Gasteiger partial charge in [-0.3, -0.25) is 4.68 Å². The van der Waals surface area contributed by atoms with Gasteiger partial charge in [0.1, 0.15) is 5.82 Å². The molecule has 0 unspecified atom stereocenters. The molecular formula is C18H12ClF3N2O2. The molecule has 2 aromatic carbocycles. The lowest BCUT2D eigenvalue weighted by molar-refractivity contribution is -0.131. The van der Waals surface area contributed by atoms with Crippen LogP contribution in [0.1, 0.15) is 23.2 Å². The van der Waals surface area contributed by atoms with Gasteiger partial charge in [0.15, 0.2) is 0 Å². The number of carbonyl (C=O) groups is 1. The highest BCUT2D eigenvalue weighted by molar-refractivity contribution is 6.31. The first kappa shape index (κ1) is 18.0. The lowest BCUT2D eigenvalue weighted by Crippen LogP contribution is -2.03. The molecule has 4 nitrogen and oxygen atoms in total. The topological polar surface area (TPSA) is 55.1 Å². The minimum absolute atomic E-state index is 0.114. The van der Waals surface area contributed by atoms with Crippen molar-refractivity contribution in [2.24, 2.45) is 0 Å². The van der Waals surface area contributed by atoms with Crippen LogP contribution in [0, 0.1) is 5.82 Å². The van der Waals surface area contributed by atoms with Crippen molar-refractivity contribution in [3.8, 4) is 0 Å². The first-order chi connectivity index (χ1) is 12.3. The van der Waals surface area contributed by atoms with E-state index in [1.54, 1.807) is 0 Å². The van der Waals surface area contributed by atoms with Gasteiger partial charge < -0.3 is 5.11 Å². The summed E-state index contributed by atoms with van der Waals surface area (Å²) in [5, 5.41) is 13.8. The summed E-state index contributed by atoms with van der Waals surface area (Å²) in [4.78, 5) is 10.8. The molecule has 0 radical (unpaired) electrons. The third-order valence-corrected chi connectivity index (χ3v) is 4.13. The van der Waals surface area contributed by atoms with Crippen molar-refractivity contribution in [2.75, 3.05) is 0 Å². The molecule has 0 aliphatic heterocycles. The van der Waals surface area contributed by atoms with Crippen LogP contribution in [-0.2, 0) is 11.3 Å². The Hall–Kier alpha value is -2.80. The van der Waals surface area contributed by atoms with Crippen LogP contribution in [0.15, 0.2) is 42.5 Å². The number of rotatable bonds is 5. The van der Waals surface area contributed by atoms with E-state index in [9.17, 15) is 18.0 Å². The number of alkyl halides is 2. The number of fused-ring (bicyclic) bond motifs is 1. The normalized spacial score (nSPS) is 11.7. The molecule has 1 aromatic heterocycles. The van der Waals surface area contributed by atoms with Crippen LogP contribution in [0.3, 0.4) is 0 Å². The molecule has 0 saturated carbocycles. The van der Waals surface area contributed by atoms with Gasteiger partial charge in [0.25, 0.3) is 6.43 Å². The van der Waals surface area contributed by atoms with E-state index in [0.717, 1.165) is 12.1 Å². The summed E-state index contributed by atoms with van der Waals surface area (Å²) in [5.74, 6) is -1.65. The number of hydrogen-bond donors (Lipinski definition) is 1. The van der Waals surface area contributed by atoms with Crippen molar-refractivity contribution in [1.82, 2.24) is 9.78 Å². The molecule has 0 bridgehead atoms. The Morgan fingerprint density at radius 2 is 2.04 bits per heavy atom. The molecular weight excluding hydrogens is 369 g/mol. The van der Waals surface area contributed by atoms with E-state index in [1.165, 1.54) is 41.1 Å². The van der Waals surface area contributed by atoms with Crippen molar-refractivity contribution in [1.29, 1.82) is 0 Å². The number of hydrogen-bond acceptors (Lipinski definition) is 2. The van der Waals surface area contributed by atoms with Gasteiger partial charge in [-0.1, -0.05) is 29.8 Å². The maximum Gasteiger partial charge on any atom is 0.328 e. The molecule has 8 heteroatoms. The fourth-order valence-electron chi connectivity index (χ4n) is 2.56. The van der Waals surface area contributed by atoms with Gasteiger partial charge in [0, 0.05) is 22.0 Å². The van der Waals surface area contributed by atoms with E-state index in [-0.39, 0.29) is 17.1 Å². The molecule has 0 aliphatic rings. The van der Waals surface area contributed by atoms with E-state index in [0.29, 0.717) is 22.2 Å². The minimum Gasteiger partial charge on any atom is -0.478 e. The average Bonchev–Trinajstić information content (AvgIpc) is 2.92. The third kappa shape index (κ3) is 3.72. The van der Waals surface area contributed by atoms with Crippen LogP contribution in [-0.4, -0.2) is 20.9 Å². The Balaban J connectivity index is 2.12. The van der Waals surface area contributed by atoms with Gasteiger partial charge in [0.2, 0.25) is 0 Å². The molecule has 0 spiro atoms. The molecule has 1 heterocycles. The summed E-state index contributed by atoms with van der Waals surface area (Å²) in [6.07, 6.45) is -0.455. The Kier molecular flexibility index (Phi) is 4.99. The Labute approximate surface area is 151 Å². The molecule has 3 rings (SSSR count). The molecule has 0 amide bonds. The molecule has 0 atom stereocenters. The van der Waals surface area contributed by atoms with Gasteiger partial charge in [-0.05, 0) is 29.8 Å². The number of halogens is 4. The van der Waals surface area contributed by atoms with Gasteiger partial charge in [-0.25, -0.2) is 18.0 Å². The number of carboxylic acid groups (broad SMARTS) is 1. The molecule has 134 valence electrons. The van der Waals surface area contributed by atoms with Crippen LogP contribution in [0.25, 0.3) is 17.0 Å². The first-order valence-electron chi connectivity index (χ1n) is 7.48. The smallest absolute Gasteiger partial charge is 0.328 e. The third-order valence-electron chi connectivity index (χ3n) is 3.78. The fraction of sp³-hybridized carbons (Fsp3) is 0.111. The van der Waals surface area contributed by atoms with Crippen molar-refractivity contribution in [3.63, 3.8) is 0 Å². The number of aliphatic carboxylic acids is 1. The summed E-state index contributed by atoms with van der Waals surface area (Å²) in [7, 11) is 0. The Morgan fingerprint density at radius 1 is 1.27 bits per heavy atom. The summed E-state index contributed by atoms with van der Waals surface area (Å²) in [6, 6.07) is 7.90. The Bertz CT molecular complexity index is 1020. The van der Waals surface area contributed by atoms with Crippen molar-refractivity contribution >= 4 is 34.5 Å². The molecule has 26 heavy (non-hydrogen) atoms. The summed E-state index contributed by atoms with van der Waals surface area (Å²) < 4.78 is 40.7. The molecule has 1 N–H and O–H groups in total. The summed E-state index contributed by atoms with van der Waals surface area (Å²) in [5.41, 5.74) is 1.08. The number of benzene rings is 2. The van der Waals surface area contributed by atoms with Crippen LogP contribution in [0.5, 0.6) is 0 Å². The van der Waals surface area contributed by atoms with E-state index >= 15 is 0 Å². The lowest BCUT2D eigenvalue weighted by Gasteiger charge is -2.07. The van der Waals surface area contributed by atoms with Crippen molar-refractivity contribution in [2.45, 2.75) is 13.0 Å². The van der Waals surface area contributed by atoms with E-state index in [2.05, 4.69) is 5.10 Å². The van der Waals surface area contributed by atoms with Gasteiger partial charge in [0.05, 0.1) is 17.8 Å². The highest BCUT2D eigenvalue weighted by Crippen LogP contribution is 2.28. The largest absolute Gasteiger partial charge is 0.478 e. The highest BCUT2D eigenvalue weighted by Gasteiger charge is 2.15. The van der Waals surface area contributed by atoms with Crippen LogP contribution >= 0.6 is 11.6 Å². The maximum absolute atomic E-state index is 13.2. The Morgan fingerprint density at radius 3 is 2.69 bits per heavy atom. The highest BCUT2D eigenvalue weighted by atomic mass is 35.5. The molecule has 0 saturated heterocycles. The predicted molar refractivity (Wildman–Crippen MR) is 91.9 cm³/mol. The van der Waals surface area contributed by atoms with E-state index < -0.39 is 18.2 Å². The van der Waals surface area contributed by atoms with Crippen LogP contribution in [0.4, 0.5) is 13.2 Å². The monoisotopic (exact) mass is 380 g/mol. The maximum atomic E-state index is 13.2. The van der Waals surface area contributed by atoms with Crippen molar-refractivity contribution in [3.05, 3.63) is 70.1 Å². The fourth-order valence-corrected chi connectivity index (χ4v) is 2.78. The molecule has 3 aromatic rings. The van der Waals surface area contributed by atoms with Gasteiger partial charge in [-0.2, -0.15) is 5.10 Å². The number of nitrogens with zero attached hydrogens (tertiary/aromatic N) is 2. The van der Waals surface area contributed by atoms with Gasteiger partial charge >= 0.3 is 5.97 Å². The molecule has 0 aliphatic carbocycles. The zero-order valence-corrected chi connectivity index (χ0v) is 13.9. The average molecular weight is 381 g/mol. The standard InChI is InChI=1S/C18H12ClF3N2O2/c19-14-8-12(20)3-1-11(14)9-24-16-7-10(18(21)22)2-4-13(16)15(23-24)5-6-17(25)26/h1-8,18H,9H2,(H,25,26). The molecule has 0 fully saturated rings. The van der Waals surface area contributed by atoms with Crippen LogP contribution in [0.2, 0.25) is 5.02 Å². The first-order valence-corrected chi connectivity index (χ1v) is 7.86. The van der Waals surface area contributed by atoms with E-state index in [1.807, 2.05) is 0 Å². The second-order valence-corrected chi connectivity index (χ2v) is 5.93. The zero-order chi connectivity index (χ0) is 18.8. The van der Waals surface area contributed by atoms with E-state index in [4.69, 9.17) is 16.7 Å². The SMILES string of the molecule is O=C(O)C=Cc1nn(Cc2ccc(F)cc2Cl)c2cc(C(F)F)ccc12. The van der Waals surface area contributed by atoms with Crippen LogP contribution < -0.4 is 0 Å². The lowest BCUT2D eigenvalue weighted by atomic mass is 10.1. The minimum atomic E-state index is -2.66. The number of aromatic nitrogens is 2. The number of carboxylic acids is 1.